The van der Waals surface area contributed by atoms with Crippen molar-refractivity contribution in [3.63, 3.8) is 0 Å². The molecular weight excluding hydrogens is 294 g/mol. The lowest BCUT2D eigenvalue weighted by Gasteiger charge is -2.25. The minimum absolute atomic E-state index is 0.103. The fourth-order valence-electron chi connectivity index (χ4n) is 3.30. The lowest BCUT2D eigenvalue weighted by Crippen LogP contribution is -2.43. The molecule has 0 radical (unpaired) electrons. The van der Waals surface area contributed by atoms with Gasteiger partial charge in [-0.2, -0.15) is 0 Å². The first kappa shape index (κ1) is 17.6. The summed E-state index contributed by atoms with van der Waals surface area (Å²) in [6.45, 7) is 6.86. The highest BCUT2D eigenvalue weighted by Crippen LogP contribution is 2.41. The Morgan fingerprint density at radius 3 is 2.57 bits per heavy atom. The Morgan fingerprint density at radius 2 is 2.00 bits per heavy atom. The molecule has 0 aromatic carbocycles. The lowest BCUT2D eigenvalue weighted by molar-refractivity contribution is -0.124. The smallest absolute Gasteiger partial charge is 0.324 e. The standard InChI is InChI=1S/C16H29N5O2/c1-3-16(7-5-6-8-16)12-20-14(17-4-2)18-9-10-21-13(22)11-19-15(21)23/h3-12H2,1-2H3,(H,19,23)(H2,17,18,20). The fraction of sp³-hybridized carbons (Fsp3) is 0.812. The topological polar surface area (TPSA) is 85.8 Å². The van der Waals surface area contributed by atoms with Crippen molar-refractivity contribution in [3.8, 4) is 0 Å². The van der Waals surface area contributed by atoms with Gasteiger partial charge in [-0.3, -0.25) is 14.7 Å². The first-order valence-electron chi connectivity index (χ1n) is 8.70. The molecule has 1 saturated heterocycles. The number of nitrogens with zero attached hydrogens (tertiary/aromatic N) is 2. The van der Waals surface area contributed by atoms with Gasteiger partial charge in [0, 0.05) is 26.2 Å². The zero-order valence-electron chi connectivity index (χ0n) is 14.3. The average molecular weight is 323 g/mol. The number of nitrogens with one attached hydrogen (secondary N) is 3. The number of rotatable bonds is 7. The Morgan fingerprint density at radius 1 is 1.26 bits per heavy atom. The normalized spacial score (nSPS) is 20.8. The molecule has 130 valence electrons. The molecule has 1 aliphatic carbocycles. The molecule has 1 heterocycles. The summed E-state index contributed by atoms with van der Waals surface area (Å²) in [7, 11) is 0. The van der Waals surface area contributed by atoms with Crippen LogP contribution in [0.1, 0.15) is 46.0 Å². The Kier molecular flexibility index (Phi) is 6.24. The number of urea groups is 1. The highest BCUT2D eigenvalue weighted by molar-refractivity contribution is 6.01. The zero-order chi connectivity index (χ0) is 16.7. The molecule has 2 aliphatic rings. The first-order chi connectivity index (χ1) is 11.1. The molecule has 0 aromatic rings. The lowest BCUT2D eigenvalue weighted by atomic mass is 9.84. The van der Waals surface area contributed by atoms with Crippen LogP contribution in [0.4, 0.5) is 4.79 Å². The molecule has 0 bridgehead atoms. The van der Waals surface area contributed by atoms with Gasteiger partial charge in [0.1, 0.15) is 0 Å². The highest BCUT2D eigenvalue weighted by Gasteiger charge is 2.32. The van der Waals surface area contributed by atoms with Crippen LogP contribution in [0.2, 0.25) is 0 Å². The SMILES string of the molecule is CCNC(=NCC1(CC)CCCC1)NCCN1C(=O)CNC1=O. The van der Waals surface area contributed by atoms with Crippen LogP contribution in [0.3, 0.4) is 0 Å². The van der Waals surface area contributed by atoms with Crippen molar-refractivity contribution in [2.75, 3.05) is 32.7 Å². The number of carbonyl (C=O) groups excluding carboxylic acids is 2. The molecule has 23 heavy (non-hydrogen) atoms. The van der Waals surface area contributed by atoms with Crippen molar-refractivity contribution >= 4 is 17.9 Å². The van der Waals surface area contributed by atoms with Gasteiger partial charge in [-0.1, -0.05) is 19.8 Å². The number of carbonyl (C=O) groups is 2. The Bertz CT molecular complexity index is 441. The van der Waals surface area contributed by atoms with Crippen molar-refractivity contribution in [1.29, 1.82) is 0 Å². The van der Waals surface area contributed by atoms with Crippen LogP contribution < -0.4 is 16.0 Å². The molecule has 7 nitrogen and oxygen atoms in total. The van der Waals surface area contributed by atoms with E-state index < -0.39 is 0 Å². The van der Waals surface area contributed by atoms with Gasteiger partial charge in [-0.05, 0) is 31.6 Å². The molecule has 2 fully saturated rings. The predicted octanol–water partition coefficient (Wildman–Crippen LogP) is 1.06. The summed E-state index contributed by atoms with van der Waals surface area (Å²) >= 11 is 0. The third-order valence-corrected chi connectivity index (χ3v) is 4.90. The molecule has 3 N–H and O–H groups in total. The van der Waals surface area contributed by atoms with Gasteiger partial charge >= 0.3 is 6.03 Å². The second-order valence-electron chi connectivity index (χ2n) is 6.39. The van der Waals surface area contributed by atoms with Crippen molar-refractivity contribution in [2.24, 2.45) is 10.4 Å². The van der Waals surface area contributed by atoms with E-state index in [0.29, 0.717) is 18.5 Å². The van der Waals surface area contributed by atoms with Crippen LogP contribution in [0, 0.1) is 5.41 Å². The highest BCUT2D eigenvalue weighted by atomic mass is 16.2. The van der Waals surface area contributed by atoms with Crippen LogP contribution >= 0.6 is 0 Å². The van der Waals surface area contributed by atoms with E-state index in [2.05, 4.69) is 22.9 Å². The van der Waals surface area contributed by atoms with Crippen LogP contribution in [0.5, 0.6) is 0 Å². The van der Waals surface area contributed by atoms with Crippen molar-refractivity contribution in [1.82, 2.24) is 20.9 Å². The summed E-state index contributed by atoms with van der Waals surface area (Å²) in [5, 5.41) is 8.97. The largest absolute Gasteiger partial charge is 0.357 e. The molecule has 0 aromatic heterocycles. The molecule has 1 saturated carbocycles. The van der Waals surface area contributed by atoms with Gasteiger partial charge in [0.2, 0.25) is 5.91 Å². The molecule has 3 amide bonds. The van der Waals surface area contributed by atoms with Gasteiger partial charge < -0.3 is 16.0 Å². The number of hydrogen-bond donors (Lipinski definition) is 3. The summed E-state index contributed by atoms with van der Waals surface area (Å²) in [5.74, 6) is 0.592. The summed E-state index contributed by atoms with van der Waals surface area (Å²) in [6, 6.07) is -0.311. The number of amides is 3. The van der Waals surface area contributed by atoms with Gasteiger partial charge in [0.25, 0.3) is 0 Å². The quantitative estimate of drug-likeness (QED) is 0.371. The van der Waals surface area contributed by atoms with Crippen LogP contribution in [0.25, 0.3) is 0 Å². The number of guanidine groups is 1. The van der Waals surface area contributed by atoms with E-state index in [1.54, 1.807) is 0 Å². The van der Waals surface area contributed by atoms with E-state index >= 15 is 0 Å². The van der Waals surface area contributed by atoms with Crippen molar-refractivity contribution in [3.05, 3.63) is 0 Å². The summed E-state index contributed by atoms with van der Waals surface area (Å²) in [5.41, 5.74) is 0.354. The van der Waals surface area contributed by atoms with E-state index in [4.69, 9.17) is 4.99 Å². The van der Waals surface area contributed by atoms with E-state index in [9.17, 15) is 9.59 Å². The maximum absolute atomic E-state index is 11.5. The Hall–Kier alpha value is -1.79. The molecule has 1 aliphatic heterocycles. The molecule has 0 unspecified atom stereocenters. The Labute approximate surface area is 138 Å². The maximum Gasteiger partial charge on any atom is 0.324 e. The molecule has 0 spiro atoms. The van der Waals surface area contributed by atoms with Gasteiger partial charge in [-0.15, -0.1) is 0 Å². The second-order valence-corrected chi connectivity index (χ2v) is 6.39. The van der Waals surface area contributed by atoms with E-state index in [1.165, 1.54) is 37.0 Å². The molecular formula is C16H29N5O2. The van der Waals surface area contributed by atoms with E-state index in [1.807, 2.05) is 6.92 Å². The molecule has 7 heteroatoms. The van der Waals surface area contributed by atoms with Gasteiger partial charge in [-0.25, -0.2) is 4.79 Å². The maximum atomic E-state index is 11.5. The summed E-state index contributed by atoms with van der Waals surface area (Å²) in [4.78, 5) is 29.0. The molecule has 0 atom stereocenters. The van der Waals surface area contributed by atoms with E-state index in [0.717, 1.165) is 19.0 Å². The predicted molar refractivity (Wildman–Crippen MR) is 90.3 cm³/mol. The number of hydrogen-bond acceptors (Lipinski definition) is 3. The van der Waals surface area contributed by atoms with Crippen LogP contribution in [0.15, 0.2) is 4.99 Å². The molecule has 2 rings (SSSR count). The third kappa shape index (κ3) is 4.59. The third-order valence-electron chi connectivity index (χ3n) is 4.90. The monoisotopic (exact) mass is 323 g/mol. The van der Waals surface area contributed by atoms with Crippen LogP contribution in [-0.2, 0) is 4.79 Å². The minimum atomic E-state index is -0.311. The van der Waals surface area contributed by atoms with Crippen molar-refractivity contribution in [2.45, 2.75) is 46.0 Å². The van der Waals surface area contributed by atoms with Gasteiger partial charge in [0.05, 0.1) is 6.54 Å². The summed E-state index contributed by atoms with van der Waals surface area (Å²) in [6.07, 6.45) is 6.29. The fourth-order valence-corrected chi connectivity index (χ4v) is 3.30. The van der Waals surface area contributed by atoms with Gasteiger partial charge in [0.15, 0.2) is 5.96 Å². The van der Waals surface area contributed by atoms with E-state index in [-0.39, 0.29) is 18.5 Å². The average Bonchev–Trinajstić information content (AvgIpc) is 3.14. The summed E-state index contributed by atoms with van der Waals surface area (Å²) < 4.78 is 0. The van der Waals surface area contributed by atoms with Crippen molar-refractivity contribution < 1.29 is 9.59 Å². The van der Waals surface area contributed by atoms with Crippen LogP contribution in [-0.4, -0.2) is 55.5 Å². The number of imide groups is 1. The zero-order valence-corrected chi connectivity index (χ0v) is 14.3. The first-order valence-corrected chi connectivity index (χ1v) is 8.70. The number of aliphatic imine (C=N–C) groups is 1. The second kappa shape index (κ2) is 8.17. The minimum Gasteiger partial charge on any atom is -0.357 e. The Balaban J connectivity index is 1.84.